The molecule has 1 N–H and O–H groups in total. The Morgan fingerprint density at radius 1 is 1.05 bits per heavy atom. The van der Waals surface area contributed by atoms with Crippen molar-refractivity contribution in [1.82, 2.24) is 14.1 Å². The number of benzene rings is 1. The maximum atomic E-state index is 13.0. The van der Waals surface area contributed by atoms with Crippen molar-refractivity contribution in [2.24, 2.45) is 0 Å². The number of carbonyl (C=O) groups is 2. The normalized spacial score (nSPS) is 17.7. The van der Waals surface area contributed by atoms with Gasteiger partial charge in [-0.25, -0.2) is 4.79 Å². The number of alkyl carbamates (subject to hydrolysis) is 1. The average Bonchev–Trinajstić information content (AvgIpc) is 3.41. The van der Waals surface area contributed by atoms with Crippen molar-refractivity contribution in [3.8, 4) is 5.88 Å². The first-order valence-corrected chi connectivity index (χ1v) is 16.0. The van der Waals surface area contributed by atoms with Crippen LogP contribution in [0, 0.1) is 0 Å². The first kappa shape index (κ1) is 33.5. The molecule has 0 bridgehead atoms. The second kappa shape index (κ2) is 16.6. The van der Waals surface area contributed by atoms with Gasteiger partial charge in [0, 0.05) is 25.0 Å². The highest BCUT2D eigenvalue weighted by molar-refractivity contribution is 6.99. The van der Waals surface area contributed by atoms with Crippen LogP contribution in [0.15, 0.2) is 36.4 Å². The Morgan fingerprint density at radius 3 is 2.55 bits per heavy atom. The van der Waals surface area contributed by atoms with Gasteiger partial charge >= 0.3 is 12.1 Å². The molecule has 1 amide bonds. The van der Waals surface area contributed by atoms with Gasteiger partial charge in [-0.3, -0.25) is 9.28 Å². The molecule has 1 aliphatic rings. The van der Waals surface area contributed by atoms with E-state index in [1.807, 2.05) is 51.1 Å². The summed E-state index contributed by atoms with van der Waals surface area (Å²) in [5.74, 6) is 0.407. The lowest BCUT2D eigenvalue weighted by atomic mass is 10.0. The highest BCUT2D eigenvalue weighted by Gasteiger charge is 2.40. The number of carbonyl (C=O) groups excluding carboxylic acids is 2. The molecule has 0 fully saturated rings. The van der Waals surface area contributed by atoms with Crippen molar-refractivity contribution >= 4 is 29.4 Å². The number of likely N-dealkylation sites (N-methyl/N-ethyl adjacent to an activating group) is 1. The molecule has 0 saturated carbocycles. The monoisotopic (exact) mass is 601 g/mol. The largest absolute Gasteiger partial charge is 0.475 e. The zero-order valence-electron chi connectivity index (χ0n) is 26.0. The predicted octanol–water partition coefficient (Wildman–Crippen LogP) is 7.06. The third kappa shape index (κ3) is 11.0. The Kier molecular flexibility index (Phi) is 13.3. The molecule has 232 valence electrons. The molecule has 1 aromatic heterocycles. The molecule has 2 aromatic rings. The lowest BCUT2D eigenvalue weighted by Crippen LogP contribution is -2.52. The maximum absolute atomic E-state index is 13.0. The van der Waals surface area contributed by atoms with Crippen LogP contribution in [-0.4, -0.2) is 64.2 Å². The lowest BCUT2D eigenvalue weighted by Gasteiger charge is -2.42. The van der Waals surface area contributed by atoms with Crippen molar-refractivity contribution < 1.29 is 28.3 Å². The number of nitrogens with zero attached hydrogens (tertiary/aromatic N) is 3. The number of amides is 1. The SMILES string of the molecule is CCCCCCOc1nsnc1C1=CCC[N+](C)(C(OC(=O)NCCCCCC(=O)OC(C)(C)C)c2ccccc2)C1. The van der Waals surface area contributed by atoms with Gasteiger partial charge in [0.1, 0.15) is 17.8 Å². The Morgan fingerprint density at radius 2 is 1.81 bits per heavy atom. The third-order valence-electron chi connectivity index (χ3n) is 7.18. The smallest absolute Gasteiger partial charge is 0.411 e. The van der Waals surface area contributed by atoms with E-state index in [4.69, 9.17) is 14.2 Å². The topological polar surface area (TPSA) is 99.6 Å². The number of unbranched alkanes of at least 4 members (excludes halogenated alkanes) is 5. The summed E-state index contributed by atoms with van der Waals surface area (Å²) in [6.07, 6.45) is 9.29. The molecule has 0 aliphatic carbocycles. The van der Waals surface area contributed by atoms with Crippen LogP contribution in [0.2, 0.25) is 0 Å². The minimum absolute atomic E-state index is 0.188. The van der Waals surface area contributed by atoms with Crippen LogP contribution in [0.25, 0.3) is 5.57 Å². The van der Waals surface area contributed by atoms with Gasteiger partial charge in [0.05, 0.1) is 37.5 Å². The van der Waals surface area contributed by atoms with Gasteiger partial charge < -0.3 is 19.5 Å². The van der Waals surface area contributed by atoms with Crippen LogP contribution in [0.3, 0.4) is 0 Å². The molecule has 2 unspecified atom stereocenters. The Hall–Kier alpha value is -2.98. The van der Waals surface area contributed by atoms with Gasteiger partial charge in [0.2, 0.25) is 0 Å². The van der Waals surface area contributed by atoms with Crippen molar-refractivity contribution in [3.05, 3.63) is 47.7 Å². The summed E-state index contributed by atoms with van der Waals surface area (Å²) in [5.41, 5.74) is 2.33. The molecule has 3 rings (SSSR count). The van der Waals surface area contributed by atoms with E-state index in [9.17, 15) is 9.59 Å². The predicted molar refractivity (Wildman–Crippen MR) is 166 cm³/mol. The second-order valence-corrected chi connectivity index (χ2v) is 12.7. The summed E-state index contributed by atoms with van der Waals surface area (Å²) >= 11 is 1.17. The summed E-state index contributed by atoms with van der Waals surface area (Å²) in [6, 6.07) is 9.91. The van der Waals surface area contributed by atoms with Crippen LogP contribution < -0.4 is 10.1 Å². The van der Waals surface area contributed by atoms with Gasteiger partial charge in [-0.05, 0) is 52.2 Å². The van der Waals surface area contributed by atoms with Gasteiger partial charge in [-0.2, -0.15) is 4.37 Å². The van der Waals surface area contributed by atoms with Crippen LogP contribution in [-0.2, 0) is 14.3 Å². The third-order valence-corrected chi connectivity index (χ3v) is 7.69. The number of hydrogen-bond donors (Lipinski definition) is 1. The number of hydrogen-bond acceptors (Lipinski definition) is 8. The van der Waals surface area contributed by atoms with E-state index in [0.717, 1.165) is 61.9 Å². The van der Waals surface area contributed by atoms with Gasteiger partial charge in [0.25, 0.3) is 12.1 Å². The minimum atomic E-state index is -0.493. The summed E-state index contributed by atoms with van der Waals surface area (Å²) in [4.78, 5) is 24.9. The van der Waals surface area contributed by atoms with Gasteiger partial charge in [-0.15, -0.1) is 4.37 Å². The molecular formula is C32H49N4O5S+. The van der Waals surface area contributed by atoms with E-state index in [-0.39, 0.29) is 5.97 Å². The first-order chi connectivity index (χ1) is 20.1. The summed E-state index contributed by atoms with van der Waals surface area (Å²) in [5, 5.41) is 2.91. The van der Waals surface area contributed by atoms with Crippen LogP contribution >= 0.6 is 11.7 Å². The van der Waals surface area contributed by atoms with Crippen molar-refractivity contribution in [2.45, 2.75) is 97.3 Å². The summed E-state index contributed by atoms with van der Waals surface area (Å²) in [6.45, 7) is 10.4. The molecule has 2 heterocycles. The number of ether oxygens (including phenoxy) is 3. The fraction of sp³-hybridized carbons (Fsp3) is 0.625. The van der Waals surface area contributed by atoms with Crippen LogP contribution in [0.5, 0.6) is 5.88 Å². The zero-order chi connectivity index (χ0) is 30.4. The van der Waals surface area contributed by atoms with Crippen molar-refractivity contribution in [2.75, 3.05) is 33.3 Å². The van der Waals surface area contributed by atoms with E-state index in [1.165, 1.54) is 24.6 Å². The van der Waals surface area contributed by atoms with Crippen molar-refractivity contribution in [3.63, 3.8) is 0 Å². The zero-order valence-corrected chi connectivity index (χ0v) is 26.8. The average molecular weight is 602 g/mol. The summed E-state index contributed by atoms with van der Waals surface area (Å²) in [7, 11) is 2.12. The van der Waals surface area contributed by atoms with E-state index >= 15 is 0 Å². The van der Waals surface area contributed by atoms with E-state index in [2.05, 4.69) is 34.1 Å². The standard InChI is InChI=1S/C32H48N4O5S/c1-6-7-8-15-23-39-29-28(34-42-35-29)26-19-16-22-36(5,24-26)30(25-17-11-9-12-18-25)40-31(38)33-21-14-10-13-20-27(37)41-32(2,3)4/h9,11-12,17-19,30H,6-8,10,13-16,20-24H2,1-5H3/p+1. The lowest BCUT2D eigenvalue weighted by molar-refractivity contribution is -0.953. The molecule has 1 aromatic carbocycles. The fourth-order valence-corrected chi connectivity index (χ4v) is 5.61. The Labute approximate surface area is 255 Å². The number of esters is 1. The molecular weight excluding hydrogens is 552 g/mol. The van der Waals surface area contributed by atoms with E-state index in [0.29, 0.717) is 36.5 Å². The van der Waals surface area contributed by atoms with Crippen LogP contribution in [0.4, 0.5) is 4.79 Å². The van der Waals surface area contributed by atoms with Crippen LogP contribution in [0.1, 0.15) is 103 Å². The first-order valence-electron chi connectivity index (χ1n) is 15.3. The number of rotatable bonds is 16. The van der Waals surface area contributed by atoms with Crippen molar-refractivity contribution in [1.29, 1.82) is 0 Å². The second-order valence-electron chi connectivity index (χ2n) is 12.2. The molecule has 0 spiro atoms. The fourth-order valence-electron chi connectivity index (χ4n) is 5.08. The molecule has 0 radical (unpaired) electrons. The quantitative estimate of drug-likeness (QED) is 0.125. The molecule has 42 heavy (non-hydrogen) atoms. The minimum Gasteiger partial charge on any atom is -0.475 e. The molecule has 0 saturated heterocycles. The molecule has 2 atom stereocenters. The number of aromatic nitrogens is 2. The highest BCUT2D eigenvalue weighted by atomic mass is 32.1. The van der Waals surface area contributed by atoms with E-state index < -0.39 is 17.9 Å². The molecule has 10 heteroatoms. The maximum Gasteiger partial charge on any atom is 0.411 e. The number of nitrogens with one attached hydrogen (secondary N) is 1. The van der Waals surface area contributed by atoms with Gasteiger partial charge in [0.15, 0.2) is 0 Å². The Balaban J connectivity index is 1.58. The van der Waals surface area contributed by atoms with Gasteiger partial charge in [-0.1, -0.05) is 56.9 Å². The Bertz CT molecular complexity index is 1150. The highest BCUT2D eigenvalue weighted by Crippen LogP contribution is 2.37. The number of quaternary nitrogens is 1. The molecule has 9 nitrogen and oxygen atoms in total. The molecule has 1 aliphatic heterocycles. The van der Waals surface area contributed by atoms with E-state index in [1.54, 1.807) is 0 Å². The summed E-state index contributed by atoms with van der Waals surface area (Å²) < 4.78 is 27.0.